The Labute approximate surface area is 92.5 Å². The van der Waals surface area contributed by atoms with Gasteiger partial charge in [-0.15, -0.1) is 0 Å². The molecule has 2 atom stereocenters. The van der Waals surface area contributed by atoms with Crippen LogP contribution in [0.1, 0.15) is 53.4 Å². The van der Waals surface area contributed by atoms with Crippen molar-refractivity contribution in [3.05, 3.63) is 0 Å². The molecule has 0 aromatic heterocycles. The Morgan fingerprint density at radius 2 is 1.60 bits per heavy atom. The quantitative estimate of drug-likeness (QED) is 0.654. The number of carboxylic acids is 1. The highest BCUT2D eigenvalue weighted by atomic mass is 16.4. The van der Waals surface area contributed by atoms with Crippen molar-refractivity contribution in [2.75, 3.05) is 0 Å². The van der Waals surface area contributed by atoms with Crippen molar-refractivity contribution in [3.8, 4) is 0 Å². The van der Waals surface area contributed by atoms with Crippen molar-refractivity contribution < 1.29 is 15.0 Å². The Hall–Kier alpha value is -0.570. The van der Waals surface area contributed by atoms with E-state index in [9.17, 15) is 5.11 Å². The zero-order chi connectivity index (χ0) is 12.1. The number of carboxylic acid groups (broad SMARTS) is 1. The van der Waals surface area contributed by atoms with E-state index in [4.69, 9.17) is 9.90 Å². The van der Waals surface area contributed by atoms with Gasteiger partial charge in [0.05, 0.1) is 6.10 Å². The summed E-state index contributed by atoms with van der Waals surface area (Å²) in [4.78, 5) is 9.00. The molecule has 0 bridgehead atoms. The monoisotopic (exact) mass is 216 g/mol. The molecule has 0 aromatic rings. The Bertz CT molecular complexity index is 190. The van der Waals surface area contributed by atoms with Crippen LogP contribution in [0.5, 0.6) is 0 Å². The highest BCUT2D eigenvalue weighted by molar-refractivity contribution is 5.62. The molecule has 0 aromatic carbocycles. The summed E-state index contributed by atoms with van der Waals surface area (Å²) in [6.45, 7) is 7.77. The van der Waals surface area contributed by atoms with Gasteiger partial charge in [0.15, 0.2) is 0 Å². The molecular formula is C12H24O3. The normalized spacial score (nSPS) is 26.5. The second-order valence-corrected chi connectivity index (χ2v) is 5.34. The fourth-order valence-corrected chi connectivity index (χ4v) is 2.12. The van der Waals surface area contributed by atoms with Crippen LogP contribution in [0, 0.1) is 11.3 Å². The summed E-state index contributed by atoms with van der Waals surface area (Å²) in [7, 11) is 0. The number of hydrogen-bond donors (Lipinski definition) is 2. The molecule has 1 rings (SSSR count). The second-order valence-electron chi connectivity index (χ2n) is 5.34. The molecule has 1 saturated carbocycles. The molecule has 1 fully saturated rings. The summed E-state index contributed by atoms with van der Waals surface area (Å²) < 4.78 is 0. The molecule has 0 aliphatic heterocycles. The van der Waals surface area contributed by atoms with Crippen LogP contribution in [-0.2, 0) is 4.79 Å². The molecule has 0 heterocycles. The van der Waals surface area contributed by atoms with E-state index >= 15 is 0 Å². The third-order valence-electron chi connectivity index (χ3n) is 2.84. The number of aliphatic carboxylic acids is 1. The zero-order valence-electron chi connectivity index (χ0n) is 10.3. The lowest BCUT2D eigenvalue weighted by molar-refractivity contribution is -0.134. The lowest BCUT2D eigenvalue weighted by Crippen LogP contribution is -2.34. The maximum Gasteiger partial charge on any atom is 0.300 e. The van der Waals surface area contributed by atoms with Gasteiger partial charge < -0.3 is 10.2 Å². The smallest absolute Gasteiger partial charge is 0.300 e. The van der Waals surface area contributed by atoms with Gasteiger partial charge in [-0.3, -0.25) is 4.79 Å². The van der Waals surface area contributed by atoms with E-state index in [0.717, 1.165) is 13.3 Å². The summed E-state index contributed by atoms with van der Waals surface area (Å²) in [6.07, 6.45) is 4.71. The largest absolute Gasteiger partial charge is 0.481 e. The molecule has 0 amide bonds. The number of hydrogen-bond acceptors (Lipinski definition) is 2. The molecule has 1 aliphatic rings. The zero-order valence-corrected chi connectivity index (χ0v) is 10.3. The number of aliphatic hydroxyl groups excluding tert-OH is 1. The van der Waals surface area contributed by atoms with Crippen LogP contribution in [0.4, 0.5) is 0 Å². The highest BCUT2D eigenvalue weighted by Gasteiger charge is 2.32. The highest BCUT2D eigenvalue weighted by Crippen LogP contribution is 2.37. The average molecular weight is 216 g/mol. The first-order valence-electron chi connectivity index (χ1n) is 5.62. The summed E-state index contributed by atoms with van der Waals surface area (Å²) in [5, 5.41) is 17.1. The van der Waals surface area contributed by atoms with Crippen LogP contribution in [0.3, 0.4) is 0 Å². The predicted molar refractivity (Wildman–Crippen MR) is 60.7 cm³/mol. The van der Waals surface area contributed by atoms with Crippen LogP contribution in [0.2, 0.25) is 0 Å². The van der Waals surface area contributed by atoms with Crippen LogP contribution in [0.15, 0.2) is 0 Å². The van der Waals surface area contributed by atoms with E-state index in [-0.39, 0.29) is 6.10 Å². The van der Waals surface area contributed by atoms with E-state index < -0.39 is 5.97 Å². The van der Waals surface area contributed by atoms with Gasteiger partial charge in [0.25, 0.3) is 5.97 Å². The Morgan fingerprint density at radius 3 is 1.87 bits per heavy atom. The van der Waals surface area contributed by atoms with Crippen molar-refractivity contribution in [2.24, 2.45) is 11.3 Å². The fraction of sp³-hybridized carbons (Fsp3) is 0.917. The van der Waals surface area contributed by atoms with Crippen molar-refractivity contribution in [2.45, 2.75) is 59.5 Å². The topological polar surface area (TPSA) is 57.5 Å². The van der Waals surface area contributed by atoms with Crippen molar-refractivity contribution in [1.82, 2.24) is 0 Å². The fourth-order valence-electron chi connectivity index (χ4n) is 2.12. The van der Waals surface area contributed by atoms with E-state index in [2.05, 4.69) is 20.8 Å². The van der Waals surface area contributed by atoms with E-state index in [1.54, 1.807) is 0 Å². The van der Waals surface area contributed by atoms with E-state index in [0.29, 0.717) is 11.3 Å². The SMILES string of the molecule is CC(=O)O.CC(C)(C)C1CCCCC1O. The van der Waals surface area contributed by atoms with E-state index in [1.165, 1.54) is 19.3 Å². The molecule has 2 unspecified atom stereocenters. The Balaban J connectivity index is 0.000000423. The minimum absolute atomic E-state index is 0.0382. The maximum atomic E-state index is 9.70. The van der Waals surface area contributed by atoms with Gasteiger partial charge in [-0.05, 0) is 24.2 Å². The van der Waals surface area contributed by atoms with Gasteiger partial charge in [0, 0.05) is 6.92 Å². The predicted octanol–water partition coefficient (Wildman–Crippen LogP) is 2.67. The molecule has 15 heavy (non-hydrogen) atoms. The lowest BCUT2D eigenvalue weighted by atomic mass is 9.71. The molecule has 0 spiro atoms. The molecular weight excluding hydrogens is 192 g/mol. The number of rotatable bonds is 0. The standard InChI is InChI=1S/C10H20O.C2H4O2/c1-10(2,3)8-6-4-5-7-9(8)11;1-2(3)4/h8-9,11H,4-7H2,1-3H3;1H3,(H,3,4). The van der Waals surface area contributed by atoms with Gasteiger partial charge in [-0.25, -0.2) is 0 Å². The van der Waals surface area contributed by atoms with Gasteiger partial charge in [0.2, 0.25) is 0 Å². The lowest BCUT2D eigenvalue weighted by Gasteiger charge is -2.37. The van der Waals surface area contributed by atoms with Crippen molar-refractivity contribution in [3.63, 3.8) is 0 Å². The molecule has 3 heteroatoms. The molecule has 0 radical (unpaired) electrons. The molecule has 1 aliphatic carbocycles. The van der Waals surface area contributed by atoms with Crippen LogP contribution < -0.4 is 0 Å². The van der Waals surface area contributed by atoms with Crippen LogP contribution in [0.25, 0.3) is 0 Å². The first kappa shape index (κ1) is 14.4. The summed E-state index contributed by atoms with van der Waals surface area (Å²) in [5.74, 6) is -0.309. The molecule has 2 N–H and O–H groups in total. The van der Waals surface area contributed by atoms with Crippen LogP contribution >= 0.6 is 0 Å². The first-order valence-corrected chi connectivity index (χ1v) is 5.62. The maximum absolute atomic E-state index is 9.70. The van der Waals surface area contributed by atoms with Gasteiger partial charge in [0.1, 0.15) is 0 Å². The van der Waals surface area contributed by atoms with Crippen LogP contribution in [-0.4, -0.2) is 22.3 Å². The summed E-state index contributed by atoms with van der Waals surface area (Å²) in [5.41, 5.74) is 0.292. The van der Waals surface area contributed by atoms with Crippen molar-refractivity contribution in [1.29, 1.82) is 0 Å². The molecule has 3 nitrogen and oxygen atoms in total. The Morgan fingerprint density at radius 1 is 1.20 bits per heavy atom. The van der Waals surface area contributed by atoms with Gasteiger partial charge in [-0.2, -0.15) is 0 Å². The minimum atomic E-state index is -0.833. The third kappa shape index (κ3) is 6.50. The molecule has 0 saturated heterocycles. The summed E-state index contributed by atoms with van der Waals surface area (Å²) in [6, 6.07) is 0. The number of aliphatic hydroxyl groups is 1. The van der Waals surface area contributed by atoms with Gasteiger partial charge >= 0.3 is 0 Å². The minimum Gasteiger partial charge on any atom is -0.481 e. The third-order valence-corrected chi connectivity index (χ3v) is 2.84. The first-order chi connectivity index (χ1) is 6.75. The number of carbonyl (C=O) groups is 1. The van der Waals surface area contributed by atoms with Gasteiger partial charge in [-0.1, -0.05) is 33.6 Å². The Kier molecular flexibility index (Phi) is 5.88. The van der Waals surface area contributed by atoms with Crippen molar-refractivity contribution >= 4 is 5.97 Å². The average Bonchev–Trinajstić information content (AvgIpc) is 2.01. The second kappa shape index (κ2) is 6.11. The summed E-state index contributed by atoms with van der Waals surface area (Å²) >= 11 is 0. The van der Waals surface area contributed by atoms with E-state index in [1.807, 2.05) is 0 Å². The molecule has 90 valence electrons.